The first-order valence-corrected chi connectivity index (χ1v) is 6.62. The molecule has 2 heterocycles. The fourth-order valence-electron chi connectivity index (χ4n) is 1.20. The van der Waals surface area contributed by atoms with E-state index in [1.165, 1.54) is 36.8 Å². The number of aromatic nitrogens is 2. The van der Waals surface area contributed by atoms with Gasteiger partial charge in [-0.05, 0) is 12.1 Å². The summed E-state index contributed by atoms with van der Waals surface area (Å²) in [5, 5.41) is 9.72. The van der Waals surface area contributed by atoms with Crippen molar-refractivity contribution in [3.05, 3.63) is 41.8 Å². The van der Waals surface area contributed by atoms with E-state index in [0.717, 1.165) is 0 Å². The van der Waals surface area contributed by atoms with Gasteiger partial charge in [-0.3, -0.25) is 9.71 Å². The van der Waals surface area contributed by atoms with Crippen LogP contribution < -0.4 is 4.72 Å². The molecule has 2 aromatic heterocycles. The monoisotopic (exact) mass is 285 g/mol. The molecule has 0 spiro atoms. The van der Waals surface area contributed by atoms with Crippen molar-refractivity contribution >= 4 is 27.4 Å². The number of halogens is 1. The Labute approximate surface area is 108 Å². The average Bonchev–Trinajstić information content (AvgIpc) is 2.34. The van der Waals surface area contributed by atoms with Crippen molar-refractivity contribution in [2.75, 3.05) is 4.72 Å². The zero-order valence-electron chi connectivity index (χ0n) is 8.91. The molecule has 0 saturated carbocycles. The van der Waals surface area contributed by atoms with Crippen LogP contribution in [0.15, 0.2) is 41.7 Å². The zero-order valence-corrected chi connectivity index (χ0v) is 10.5. The summed E-state index contributed by atoms with van der Waals surface area (Å²) in [5.74, 6) is -0.543. The third kappa shape index (κ3) is 2.69. The minimum absolute atomic E-state index is 0.0267. The second-order valence-electron chi connectivity index (χ2n) is 3.32. The number of hydrogen-bond acceptors (Lipinski definition) is 5. The third-order valence-electron chi connectivity index (χ3n) is 2.01. The molecule has 18 heavy (non-hydrogen) atoms. The molecule has 8 heteroatoms. The Bertz CT molecular complexity index is 661. The number of hydrogen-bond donors (Lipinski definition) is 2. The van der Waals surface area contributed by atoms with Gasteiger partial charge in [-0.15, -0.1) is 0 Å². The van der Waals surface area contributed by atoms with E-state index in [4.69, 9.17) is 11.6 Å². The first-order chi connectivity index (χ1) is 8.49. The summed E-state index contributed by atoms with van der Waals surface area (Å²) in [7, 11) is -3.83. The first kappa shape index (κ1) is 12.6. The highest BCUT2D eigenvalue weighted by Crippen LogP contribution is 2.25. The van der Waals surface area contributed by atoms with Crippen LogP contribution in [0, 0.1) is 0 Å². The second-order valence-corrected chi connectivity index (χ2v) is 5.43. The Morgan fingerprint density at radius 1 is 1.33 bits per heavy atom. The average molecular weight is 286 g/mol. The smallest absolute Gasteiger partial charge is 0.264 e. The highest BCUT2D eigenvalue weighted by Gasteiger charge is 2.17. The van der Waals surface area contributed by atoms with Crippen molar-refractivity contribution in [2.24, 2.45) is 0 Å². The predicted molar refractivity (Wildman–Crippen MR) is 66.0 cm³/mol. The number of aromatic hydroxyl groups is 1. The lowest BCUT2D eigenvalue weighted by molar-refractivity contribution is 0.475. The maximum atomic E-state index is 11.9. The lowest BCUT2D eigenvalue weighted by atomic mass is 10.4. The van der Waals surface area contributed by atoms with Crippen LogP contribution in [-0.2, 0) is 10.0 Å². The van der Waals surface area contributed by atoms with Crippen molar-refractivity contribution < 1.29 is 13.5 Å². The van der Waals surface area contributed by atoms with Gasteiger partial charge in [0.25, 0.3) is 10.0 Å². The van der Waals surface area contributed by atoms with Gasteiger partial charge in [0.1, 0.15) is 4.90 Å². The Hall–Kier alpha value is -1.86. The topological polar surface area (TPSA) is 92.2 Å². The van der Waals surface area contributed by atoms with Gasteiger partial charge < -0.3 is 5.11 Å². The molecule has 0 fully saturated rings. The van der Waals surface area contributed by atoms with Gasteiger partial charge in [-0.1, -0.05) is 11.6 Å². The van der Waals surface area contributed by atoms with Crippen molar-refractivity contribution in [1.29, 1.82) is 0 Å². The number of anilines is 1. The summed E-state index contributed by atoms with van der Waals surface area (Å²) in [6.07, 6.45) is 3.87. The van der Waals surface area contributed by atoms with Crippen LogP contribution in [0.5, 0.6) is 5.75 Å². The van der Waals surface area contributed by atoms with E-state index in [0.29, 0.717) is 0 Å². The van der Waals surface area contributed by atoms with Gasteiger partial charge in [0.15, 0.2) is 11.6 Å². The van der Waals surface area contributed by atoms with Crippen LogP contribution in [0.3, 0.4) is 0 Å². The molecule has 94 valence electrons. The van der Waals surface area contributed by atoms with E-state index in [2.05, 4.69) is 14.7 Å². The van der Waals surface area contributed by atoms with Crippen molar-refractivity contribution in [2.45, 2.75) is 4.90 Å². The van der Waals surface area contributed by atoms with Gasteiger partial charge in [0.2, 0.25) is 0 Å². The number of nitrogens with zero attached hydrogens (tertiary/aromatic N) is 2. The largest absolute Gasteiger partial charge is 0.504 e. The molecule has 0 atom stereocenters. The summed E-state index contributed by atoms with van der Waals surface area (Å²) in [6.45, 7) is 0. The van der Waals surface area contributed by atoms with Gasteiger partial charge >= 0.3 is 0 Å². The van der Waals surface area contributed by atoms with Crippen LogP contribution in [-0.4, -0.2) is 23.5 Å². The molecule has 2 rings (SSSR count). The highest BCUT2D eigenvalue weighted by atomic mass is 35.5. The molecule has 2 aromatic rings. The fraction of sp³-hybridized carbons (Fsp3) is 0. The molecule has 2 N–H and O–H groups in total. The van der Waals surface area contributed by atoms with E-state index in [1.807, 2.05) is 0 Å². The quantitative estimate of drug-likeness (QED) is 0.894. The van der Waals surface area contributed by atoms with Crippen LogP contribution in [0.4, 0.5) is 5.82 Å². The Morgan fingerprint density at radius 2 is 2.11 bits per heavy atom. The first-order valence-electron chi connectivity index (χ1n) is 4.76. The van der Waals surface area contributed by atoms with Gasteiger partial charge in [0, 0.05) is 24.7 Å². The minimum atomic E-state index is -3.83. The molecular formula is C10H8ClN3O3S. The molecular weight excluding hydrogens is 278 g/mol. The summed E-state index contributed by atoms with van der Waals surface area (Å²) >= 11 is 5.60. The molecule has 0 amide bonds. The maximum Gasteiger partial charge on any atom is 0.264 e. The van der Waals surface area contributed by atoms with E-state index >= 15 is 0 Å². The molecule has 0 bridgehead atoms. The summed E-state index contributed by atoms with van der Waals surface area (Å²) in [4.78, 5) is 7.38. The van der Waals surface area contributed by atoms with E-state index in [-0.39, 0.29) is 21.5 Å². The lowest BCUT2D eigenvalue weighted by Gasteiger charge is -2.08. The fourth-order valence-corrected chi connectivity index (χ4v) is 2.34. The summed E-state index contributed by atoms with van der Waals surface area (Å²) in [6, 6.07) is 4.06. The summed E-state index contributed by atoms with van der Waals surface area (Å²) in [5.41, 5.74) is 0. The van der Waals surface area contributed by atoms with Crippen LogP contribution in [0.25, 0.3) is 0 Å². The Balaban J connectivity index is 2.34. The zero-order chi connectivity index (χ0) is 13.2. The third-order valence-corrected chi connectivity index (χ3v) is 3.54. The van der Waals surface area contributed by atoms with Gasteiger partial charge in [-0.25, -0.2) is 13.4 Å². The van der Waals surface area contributed by atoms with E-state index in [9.17, 15) is 13.5 Å². The van der Waals surface area contributed by atoms with Crippen LogP contribution >= 0.6 is 11.6 Å². The molecule has 0 unspecified atom stereocenters. The van der Waals surface area contributed by atoms with E-state index < -0.39 is 10.0 Å². The van der Waals surface area contributed by atoms with Crippen LogP contribution in [0.1, 0.15) is 0 Å². The second kappa shape index (κ2) is 4.79. The standard InChI is InChI=1S/C10H8ClN3O3S/c11-7-4-9(15)10(13-5-7)14-18(16,17)8-2-1-3-12-6-8/h1-6,15H,(H,13,14). The molecule has 0 aliphatic rings. The SMILES string of the molecule is O=S(=O)(Nc1ncc(Cl)cc1O)c1cccnc1. The number of nitrogens with one attached hydrogen (secondary N) is 1. The van der Waals surface area contributed by atoms with Gasteiger partial charge in [-0.2, -0.15) is 0 Å². The molecule has 0 aliphatic heterocycles. The van der Waals surface area contributed by atoms with Crippen molar-refractivity contribution in [3.63, 3.8) is 0 Å². The van der Waals surface area contributed by atoms with E-state index in [1.54, 1.807) is 0 Å². The normalized spacial score (nSPS) is 11.2. The maximum absolute atomic E-state index is 11.9. The minimum Gasteiger partial charge on any atom is -0.504 e. The molecule has 0 radical (unpaired) electrons. The van der Waals surface area contributed by atoms with Crippen molar-refractivity contribution in [1.82, 2.24) is 9.97 Å². The molecule has 0 saturated heterocycles. The summed E-state index contributed by atoms with van der Waals surface area (Å²) < 4.78 is 25.9. The van der Waals surface area contributed by atoms with Gasteiger partial charge in [0.05, 0.1) is 5.02 Å². The molecule has 6 nitrogen and oxygen atoms in total. The number of sulfonamides is 1. The highest BCUT2D eigenvalue weighted by molar-refractivity contribution is 7.92. The Morgan fingerprint density at radius 3 is 2.72 bits per heavy atom. The predicted octanol–water partition coefficient (Wildman–Crippen LogP) is 1.64. The number of rotatable bonds is 3. The lowest BCUT2D eigenvalue weighted by Crippen LogP contribution is -2.14. The van der Waals surface area contributed by atoms with Crippen molar-refractivity contribution in [3.8, 4) is 5.75 Å². The molecule has 0 aliphatic carbocycles. The Kier molecular flexibility index (Phi) is 3.35. The number of pyridine rings is 2. The molecule has 0 aromatic carbocycles. The van der Waals surface area contributed by atoms with Crippen LogP contribution in [0.2, 0.25) is 5.02 Å².